The molecule has 74 valence electrons. The van der Waals surface area contributed by atoms with E-state index >= 15 is 0 Å². The van der Waals surface area contributed by atoms with Crippen LogP contribution < -0.4 is 0 Å². The Kier molecular flexibility index (Phi) is 2.28. The zero-order valence-electron chi connectivity index (χ0n) is 8.55. The lowest BCUT2D eigenvalue weighted by molar-refractivity contribution is 0.195. The van der Waals surface area contributed by atoms with Crippen LogP contribution in [0.2, 0.25) is 0 Å². The standard InChI is InChI=1S/C10H18N2O/c1-9(11-13-2)10-4-3-6-12(8-10)7-5-10/h3-8H2,1-2H3/b11-9-. The summed E-state index contributed by atoms with van der Waals surface area (Å²) in [5, 5.41) is 4.11. The van der Waals surface area contributed by atoms with Gasteiger partial charge in [0.25, 0.3) is 0 Å². The molecule has 0 aromatic heterocycles. The Labute approximate surface area is 79.7 Å². The molecule has 3 heteroatoms. The van der Waals surface area contributed by atoms with Crippen molar-refractivity contribution in [1.82, 2.24) is 4.90 Å². The summed E-state index contributed by atoms with van der Waals surface area (Å²) in [6.45, 7) is 5.84. The summed E-state index contributed by atoms with van der Waals surface area (Å²) in [4.78, 5) is 7.41. The summed E-state index contributed by atoms with van der Waals surface area (Å²) in [6, 6.07) is 0. The summed E-state index contributed by atoms with van der Waals surface area (Å²) in [6.07, 6.45) is 3.88. The van der Waals surface area contributed by atoms with Crippen molar-refractivity contribution in [2.45, 2.75) is 26.2 Å². The zero-order chi connectivity index (χ0) is 9.31. The zero-order valence-corrected chi connectivity index (χ0v) is 8.55. The van der Waals surface area contributed by atoms with Gasteiger partial charge in [-0.2, -0.15) is 0 Å². The predicted molar refractivity (Wildman–Crippen MR) is 52.8 cm³/mol. The Morgan fingerprint density at radius 2 is 2.23 bits per heavy atom. The summed E-state index contributed by atoms with van der Waals surface area (Å²) in [5.41, 5.74) is 1.55. The molecular weight excluding hydrogens is 164 g/mol. The van der Waals surface area contributed by atoms with Crippen molar-refractivity contribution in [3.63, 3.8) is 0 Å². The number of piperidine rings is 1. The van der Waals surface area contributed by atoms with Crippen molar-refractivity contribution in [3.8, 4) is 0 Å². The smallest absolute Gasteiger partial charge is 0.106 e. The first kappa shape index (κ1) is 9.00. The number of hydrogen-bond acceptors (Lipinski definition) is 3. The third-order valence-corrected chi connectivity index (χ3v) is 3.56. The Balaban J connectivity index is 2.15. The normalized spacial score (nSPS) is 39.2. The fourth-order valence-corrected chi connectivity index (χ4v) is 2.70. The molecule has 0 spiro atoms. The highest BCUT2D eigenvalue weighted by Crippen LogP contribution is 2.40. The van der Waals surface area contributed by atoms with Crippen LogP contribution in [0.25, 0.3) is 0 Å². The first-order valence-electron chi connectivity index (χ1n) is 5.07. The molecule has 0 aromatic carbocycles. The van der Waals surface area contributed by atoms with Gasteiger partial charge in [0.2, 0.25) is 0 Å². The van der Waals surface area contributed by atoms with Crippen LogP contribution in [0.15, 0.2) is 5.16 Å². The average Bonchev–Trinajstić information content (AvgIpc) is 2.44. The van der Waals surface area contributed by atoms with Crippen molar-refractivity contribution in [3.05, 3.63) is 0 Å². The second-order valence-corrected chi connectivity index (χ2v) is 4.27. The minimum absolute atomic E-state index is 0.355. The molecule has 2 heterocycles. The summed E-state index contributed by atoms with van der Waals surface area (Å²) < 4.78 is 0. The number of hydrogen-bond donors (Lipinski definition) is 0. The van der Waals surface area contributed by atoms with Gasteiger partial charge in [-0.3, -0.25) is 0 Å². The molecule has 0 aromatic rings. The molecule has 3 nitrogen and oxygen atoms in total. The third-order valence-electron chi connectivity index (χ3n) is 3.56. The topological polar surface area (TPSA) is 24.8 Å². The number of nitrogens with zero attached hydrogens (tertiary/aromatic N) is 2. The molecule has 2 aliphatic heterocycles. The van der Waals surface area contributed by atoms with E-state index in [1.807, 2.05) is 0 Å². The van der Waals surface area contributed by atoms with E-state index in [1.165, 1.54) is 44.6 Å². The Morgan fingerprint density at radius 3 is 3.00 bits per heavy atom. The lowest BCUT2D eigenvalue weighted by Crippen LogP contribution is -2.38. The molecule has 0 aliphatic carbocycles. The molecular formula is C10H18N2O. The average molecular weight is 182 g/mol. The van der Waals surface area contributed by atoms with Crippen molar-refractivity contribution < 1.29 is 4.84 Å². The maximum Gasteiger partial charge on any atom is 0.106 e. The van der Waals surface area contributed by atoms with Crippen molar-refractivity contribution in [2.24, 2.45) is 10.6 Å². The molecule has 0 N–H and O–H groups in total. The molecule has 2 fully saturated rings. The molecule has 2 unspecified atom stereocenters. The molecule has 0 saturated carbocycles. The van der Waals surface area contributed by atoms with Gasteiger partial charge in [-0.25, -0.2) is 0 Å². The molecule has 2 bridgehead atoms. The van der Waals surface area contributed by atoms with Gasteiger partial charge in [-0.15, -0.1) is 0 Å². The molecule has 2 rings (SSSR count). The van der Waals surface area contributed by atoms with E-state index in [1.54, 1.807) is 7.11 Å². The van der Waals surface area contributed by atoms with E-state index in [9.17, 15) is 0 Å². The maximum atomic E-state index is 4.87. The lowest BCUT2D eigenvalue weighted by atomic mass is 9.77. The fraction of sp³-hybridized carbons (Fsp3) is 0.900. The van der Waals surface area contributed by atoms with Gasteiger partial charge in [0.15, 0.2) is 0 Å². The second-order valence-electron chi connectivity index (χ2n) is 4.27. The van der Waals surface area contributed by atoms with Crippen molar-refractivity contribution in [2.75, 3.05) is 26.7 Å². The van der Waals surface area contributed by atoms with Gasteiger partial charge in [-0.05, 0) is 39.3 Å². The minimum atomic E-state index is 0.355. The molecule has 2 saturated heterocycles. The van der Waals surface area contributed by atoms with Crippen LogP contribution in [0.1, 0.15) is 26.2 Å². The van der Waals surface area contributed by atoms with Crippen LogP contribution in [-0.4, -0.2) is 37.4 Å². The summed E-state index contributed by atoms with van der Waals surface area (Å²) >= 11 is 0. The molecule has 2 aliphatic rings. The second kappa shape index (κ2) is 3.29. The molecule has 0 amide bonds. The first-order valence-corrected chi connectivity index (χ1v) is 5.07. The van der Waals surface area contributed by atoms with Crippen molar-refractivity contribution in [1.29, 1.82) is 0 Å². The number of fused-ring (bicyclic) bond motifs is 2. The maximum absolute atomic E-state index is 4.87. The minimum Gasteiger partial charge on any atom is -0.399 e. The van der Waals surface area contributed by atoms with E-state index in [4.69, 9.17) is 4.84 Å². The van der Waals surface area contributed by atoms with E-state index in [2.05, 4.69) is 17.0 Å². The van der Waals surface area contributed by atoms with Crippen molar-refractivity contribution >= 4 is 5.71 Å². The largest absolute Gasteiger partial charge is 0.399 e. The van der Waals surface area contributed by atoms with Crippen LogP contribution in [0.5, 0.6) is 0 Å². The van der Waals surface area contributed by atoms with Gasteiger partial charge in [-0.1, -0.05) is 5.16 Å². The quantitative estimate of drug-likeness (QED) is 0.477. The molecule has 0 radical (unpaired) electrons. The number of rotatable bonds is 2. The van der Waals surface area contributed by atoms with Gasteiger partial charge >= 0.3 is 0 Å². The van der Waals surface area contributed by atoms with Gasteiger partial charge in [0, 0.05) is 12.0 Å². The van der Waals surface area contributed by atoms with E-state index in [0.29, 0.717) is 5.41 Å². The van der Waals surface area contributed by atoms with E-state index in [0.717, 1.165) is 0 Å². The van der Waals surface area contributed by atoms with Crippen LogP contribution >= 0.6 is 0 Å². The van der Waals surface area contributed by atoms with Crippen LogP contribution in [0, 0.1) is 5.41 Å². The van der Waals surface area contributed by atoms with Gasteiger partial charge in [0.1, 0.15) is 7.11 Å². The van der Waals surface area contributed by atoms with E-state index < -0.39 is 0 Å². The Hall–Kier alpha value is -0.570. The third kappa shape index (κ3) is 1.46. The SMILES string of the molecule is CO/N=C(/C)C12CCCN(CC1)C2. The van der Waals surface area contributed by atoms with Crippen LogP contribution in [0.4, 0.5) is 0 Å². The lowest BCUT2D eigenvalue weighted by Gasteiger charge is -2.33. The first-order chi connectivity index (χ1) is 6.27. The highest BCUT2D eigenvalue weighted by molar-refractivity contribution is 5.88. The monoisotopic (exact) mass is 182 g/mol. The Morgan fingerprint density at radius 1 is 1.38 bits per heavy atom. The fourth-order valence-electron chi connectivity index (χ4n) is 2.70. The highest BCUT2D eigenvalue weighted by Gasteiger charge is 2.43. The molecule has 13 heavy (non-hydrogen) atoms. The molecule has 2 atom stereocenters. The number of oxime groups is 1. The summed E-state index contributed by atoms with van der Waals surface area (Å²) in [5.74, 6) is 0. The summed E-state index contributed by atoms with van der Waals surface area (Å²) in [7, 11) is 1.63. The van der Waals surface area contributed by atoms with E-state index in [-0.39, 0.29) is 0 Å². The Bertz CT molecular complexity index is 223. The van der Waals surface area contributed by atoms with Gasteiger partial charge < -0.3 is 9.74 Å². The highest BCUT2D eigenvalue weighted by atomic mass is 16.6. The van der Waals surface area contributed by atoms with Crippen LogP contribution in [0.3, 0.4) is 0 Å². The predicted octanol–water partition coefficient (Wildman–Crippen LogP) is 1.49. The van der Waals surface area contributed by atoms with Gasteiger partial charge in [0.05, 0.1) is 5.71 Å². The van der Waals surface area contributed by atoms with Crippen LogP contribution in [-0.2, 0) is 4.84 Å².